The zero-order valence-corrected chi connectivity index (χ0v) is 12.6. The molecule has 1 amide bonds. The molecule has 0 atom stereocenters. The molecule has 0 aromatic heterocycles. The molecule has 0 unspecified atom stereocenters. The summed E-state index contributed by atoms with van der Waals surface area (Å²) < 4.78 is 0. The van der Waals surface area contributed by atoms with Gasteiger partial charge in [0.2, 0.25) is 5.91 Å². The molecule has 110 valence electrons. The van der Waals surface area contributed by atoms with Crippen LogP contribution in [0.4, 0.5) is 5.69 Å². The normalized spacial score (nSPS) is 9.77. The van der Waals surface area contributed by atoms with Crippen LogP contribution in [0.2, 0.25) is 0 Å². The minimum absolute atomic E-state index is 0.0449. The van der Waals surface area contributed by atoms with Crippen LogP contribution in [-0.2, 0) is 4.79 Å². The number of hydrogen-bond acceptors (Lipinski definition) is 4. The fraction of sp³-hybridized carbons (Fsp3) is 0.118. The second-order valence-electron chi connectivity index (χ2n) is 4.56. The molecule has 0 aliphatic heterocycles. The maximum atomic E-state index is 11.9. The molecule has 0 heterocycles. The predicted molar refractivity (Wildman–Crippen MR) is 86.5 cm³/mol. The van der Waals surface area contributed by atoms with Gasteiger partial charge >= 0.3 is 0 Å². The Morgan fingerprint density at radius 3 is 2.32 bits per heavy atom. The second-order valence-corrected chi connectivity index (χ2v) is 5.41. The van der Waals surface area contributed by atoms with Gasteiger partial charge in [0.1, 0.15) is 5.40 Å². The van der Waals surface area contributed by atoms with Gasteiger partial charge in [0.25, 0.3) is 0 Å². The summed E-state index contributed by atoms with van der Waals surface area (Å²) in [5.41, 5.74) is 1.27. The number of nitrogens with one attached hydrogen (secondary N) is 1. The van der Waals surface area contributed by atoms with Crippen LogP contribution < -0.4 is 5.32 Å². The lowest BCUT2D eigenvalue weighted by atomic mass is 10.1. The molecule has 0 saturated carbocycles. The first-order valence-electron chi connectivity index (χ1n) is 6.73. The molecule has 1 N–H and O–H groups in total. The number of carbonyl (C=O) groups excluding carboxylic acids is 2. The summed E-state index contributed by atoms with van der Waals surface area (Å²) >= 11 is 1.06. The Morgan fingerprint density at radius 2 is 1.68 bits per heavy atom. The first-order valence-corrected chi connectivity index (χ1v) is 7.55. The lowest BCUT2D eigenvalue weighted by Gasteiger charge is -2.05. The molecule has 0 saturated heterocycles. The van der Waals surface area contributed by atoms with E-state index in [0.29, 0.717) is 11.3 Å². The number of thiocyanates is 1. The van der Waals surface area contributed by atoms with Crippen molar-refractivity contribution in [3.63, 3.8) is 0 Å². The molecule has 0 aliphatic carbocycles. The smallest absolute Gasteiger partial charge is 0.224 e. The number of amides is 1. The minimum atomic E-state index is -0.204. The van der Waals surface area contributed by atoms with Crippen LogP contribution in [0.5, 0.6) is 0 Å². The van der Waals surface area contributed by atoms with Gasteiger partial charge in [0.05, 0.1) is 0 Å². The van der Waals surface area contributed by atoms with Crippen LogP contribution in [0.25, 0.3) is 0 Å². The summed E-state index contributed by atoms with van der Waals surface area (Å²) in [7, 11) is 0. The van der Waals surface area contributed by atoms with Crippen LogP contribution in [0.1, 0.15) is 23.2 Å². The Morgan fingerprint density at radius 1 is 1.00 bits per heavy atom. The highest BCUT2D eigenvalue weighted by Crippen LogP contribution is 2.19. The van der Waals surface area contributed by atoms with Gasteiger partial charge in [-0.2, -0.15) is 5.26 Å². The fourth-order valence-corrected chi connectivity index (χ4v) is 2.26. The third kappa shape index (κ3) is 4.76. The summed E-state index contributed by atoms with van der Waals surface area (Å²) in [6.07, 6.45) is 0.320. The number of thioether (sulfide) groups is 1. The van der Waals surface area contributed by atoms with Gasteiger partial charge in [-0.25, -0.2) is 0 Å². The molecule has 22 heavy (non-hydrogen) atoms. The number of benzene rings is 2. The molecule has 0 fully saturated rings. The Balaban J connectivity index is 1.83. The van der Waals surface area contributed by atoms with E-state index in [0.717, 1.165) is 16.7 Å². The summed E-state index contributed by atoms with van der Waals surface area (Å²) in [6, 6.07) is 15.9. The molecule has 5 heteroatoms. The van der Waals surface area contributed by atoms with Crippen molar-refractivity contribution in [1.29, 1.82) is 5.26 Å². The number of hydrogen-bond donors (Lipinski definition) is 1. The van der Waals surface area contributed by atoms with Crippen molar-refractivity contribution in [3.8, 4) is 5.40 Å². The molecule has 4 nitrogen and oxygen atoms in total. The fourth-order valence-electron chi connectivity index (χ4n) is 1.88. The largest absolute Gasteiger partial charge is 0.326 e. The average Bonchev–Trinajstić information content (AvgIpc) is 2.55. The molecule has 2 rings (SSSR count). The van der Waals surface area contributed by atoms with E-state index in [-0.39, 0.29) is 24.5 Å². The molecule has 2 aromatic rings. The molecule has 2 aromatic carbocycles. The number of ketones is 1. The first kappa shape index (κ1) is 15.8. The van der Waals surface area contributed by atoms with Gasteiger partial charge in [0.15, 0.2) is 5.78 Å². The highest BCUT2D eigenvalue weighted by atomic mass is 32.2. The Labute approximate surface area is 133 Å². The van der Waals surface area contributed by atoms with Crippen molar-refractivity contribution in [1.82, 2.24) is 0 Å². The van der Waals surface area contributed by atoms with Crippen molar-refractivity contribution >= 4 is 29.1 Å². The van der Waals surface area contributed by atoms with Crippen LogP contribution in [-0.4, -0.2) is 11.7 Å². The van der Waals surface area contributed by atoms with Crippen LogP contribution in [0.15, 0.2) is 59.5 Å². The van der Waals surface area contributed by atoms with Gasteiger partial charge < -0.3 is 5.32 Å². The summed E-state index contributed by atoms with van der Waals surface area (Å²) in [4.78, 5) is 24.6. The van der Waals surface area contributed by atoms with Crippen LogP contribution >= 0.6 is 11.8 Å². The summed E-state index contributed by atoms with van der Waals surface area (Å²) in [5, 5.41) is 13.3. The minimum Gasteiger partial charge on any atom is -0.326 e. The van der Waals surface area contributed by atoms with E-state index in [4.69, 9.17) is 5.26 Å². The van der Waals surface area contributed by atoms with E-state index in [1.54, 1.807) is 48.5 Å². The quantitative estimate of drug-likeness (QED) is 0.499. The monoisotopic (exact) mass is 310 g/mol. The van der Waals surface area contributed by atoms with Gasteiger partial charge in [0, 0.05) is 29.0 Å². The maximum Gasteiger partial charge on any atom is 0.224 e. The molecule has 0 radical (unpaired) electrons. The van der Waals surface area contributed by atoms with Gasteiger partial charge in [-0.1, -0.05) is 30.3 Å². The maximum absolute atomic E-state index is 11.9. The zero-order chi connectivity index (χ0) is 15.8. The van der Waals surface area contributed by atoms with E-state index < -0.39 is 0 Å². The topological polar surface area (TPSA) is 70.0 Å². The third-order valence-electron chi connectivity index (χ3n) is 2.98. The molecular weight excluding hydrogens is 296 g/mol. The number of Topliss-reactive ketones (excluding diaryl/α,β-unsaturated/α-hetero) is 1. The highest BCUT2D eigenvalue weighted by Gasteiger charge is 2.09. The lowest BCUT2D eigenvalue weighted by Crippen LogP contribution is -2.13. The molecular formula is C17H14N2O2S. The van der Waals surface area contributed by atoms with E-state index >= 15 is 0 Å². The van der Waals surface area contributed by atoms with Crippen molar-refractivity contribution in [2.24, 2.45) is 0 Å². The van der Waals surface area contributed by atoms with Gasteiger partial charge in [-0.3, -0.25) is 9.59 Å². The van der Waals surface area contributed by atoms with E-state index in [1.807, 2.05) is 11.5 Å². The lowest BCUT2D eigenvalue weighted by molar-refractivity contribution is -0.116. The Hall–Kier alpha value is -2.58. The van der Waals surface area contributed by atoms with E-state index in [9.17, 15) is 9.59 Å². The zero-order valence-electron chi connectivity index (χ0n) is 11.8. The van der Waals surface area contributed by atoms with Crippen molar-refractivity contribution < 1.29 is 9.59 Å². The Kier molecular flexibility index (Phi) is 5.75. The van der Waals surface area contributed by atoms with E-state index in [2.05, 4.69) is 5.32 Å². The highest BCUT2D eigenvalue weighted by molar-refractivity contribution is 8.03. The number of anilines is 1. The number of nitrogens with zero attached hydrogens (tertiary/aromatic N) is 1. The molecule has 0 bridgehead atoms. The standard InChI is InChI=1S/C17H14N2O2S/c18-12-22-15-8-6-14(7-9-15)19-17(21)11-10-16(20)13-4-2-1-3-5-13/h1-9H,10-11H2,(H,19,21). The molecule has 0 aliphatic rings. The summed E-state index contributed by atoms with van der Waals surface area (Å²) in [6.45, 7) is 0. The first-order chi connectivity index (χ1) is 10.7. The van der Waals surface area contributed by atoms with Crippen molar-refractivity contribution in [2.75, 3.05) is 5.32 Å². The predicted octanol–water partition coefficient (Wildman–Crippen LogP) is 3.86. The van der Waals surface area contributed by atoms with Crippen LogP contribution in [0, 0.1) is 10.7 Å². The third-order valence-corrected chi connectivity index (χ3v) is 3.58. The number of rotatable bonds is 6. The Bertz CT molecular complexity index is 691. The van der Waals surface area contributed by atoms with E-state index in [1.165, 1.54) is 0 Å². The SMILES string of the molecule is N#CSc1ccc(NC(=O)CCC(=O)c2ccccc2)cc1. The number of carbonyl (C=O) groups is 2. The average molecular weight is 310 g/mol. The molecule has 0 spiro atoms. The summed E-state index contributed by atoms with van der Waals surface area (Å²) in [5.74, 6) is -0.249. The van der Waals surface area contributed by atoms with Gasteiger partial charge in [-0.15, -0.1) is 0 Å². The second kappa shape index (κ2) is 8.01. The number of nitriles is 1. The van der Waals surface area contributed by atoms with Crippen molar-refractivity contribution in [2.45, 2.75) is 17.7 Å². The van der Waals surface area contributed by atoms with Crippen molar-refractivity contribution in [3.05, 3.63) is 60.2 Å². The van der Waals surface area contributed by atoms with Gasteiger partial charge in [-0.05, 0) is 36.0 Å². The van der Waals surface area contributed by atoms with Crippen LogP contribution in [0.3, 0.4) is 0 Å².